The highest BCUT2D eigenvalue weighted by molar-refractivity contribution is 7.93. The number of nitrogens with zero attached hydrogens (tertiary/aromatic N) is 1. The highest BCUT2D eigenvalue weighted by Crippen LogP contribution is 2.29. The zero-order chi connectivity index (χ0) is 21.7. The summed E-state index contributed by atoms with van der Waals surface area (Å²) in [5, 5.41) is 0.200. The number of carbonyl (C=O) groups excluding carboxylic acids is 1. The summed E-state index contributed by atoms with van der Waals surface area (Å²) in [6.07, 6.45) is 3.02. The van der Waals surface area contributed by atoms with Gasteiger partial charge in [0, 0.05) is 0 Å². The van der Waals surface area contributed by atoms with Crippen molar-refractivity contribution in [2.75, 3.05) is 4.31 Å². The molecule has 0 spiro atoms. The number of sulfonamides is 1. The van der Waals surface area contributed by atoms with Gasteiger partial charge in [-0.25, -0.2) is 8.42 Å². The van der Waals surface area contributed by atoms with Crippen LogP contribution in [0.1, 0.15) is 41.3 Å². The van der Waals surface area contributed by atoms with Crippen molar-refractivity contribution < 1.29 is 13.2 Å². The number of unbranched alkanes of at least 4 members (excludes halogenated alkanes) is 1. The van der Waals surface area contributed by atoms with Gasteiger partial charge in [-0.05, 0) is 61.7 Å². The first-order valence-corrected chi connectivity index (χ1v) is 11.7. The van der Waals surface area contributed by atoms with E-state index in [0.29, 0.717) is 0 Å². The van der Waals surface area contributed by atoms with E-state index in [9.17, 15) is 13.2 Å². The third kappa shape index (κ3) is 4.74. The Hall–Kier alpha value is -2.63. The Labute approximate surface area is 183 Å². The molecule has 0 aliphatic rings. The van der Waals surface area contributed by atoms with Crippen molar-refractivity contribution in [2.24, 2.45) is 0 Å². The summed E-state index contributed by atoms with van der Waals surface area (Å²) < 4.78 is 27.8. The number of benzene rings is 3. The van der Waals surface area contributed by atoms with E-state index in [-0.39, 0.29) is 21.2 Å². The maximum absolute atomic E-state index is 13.5. The largest absolute Gasteiger partial charge is 0.273 e. The number of aryl methyl sites for hydroxylation is 2. The molecule has 0 unspecified atom stereocenters. The normalized spacial score (nSPS) is 11.3. The molecule has 1 amide bonds. The molecule has 3 aromatic rings. The van der Waals surface area contributed by atoms with Gasteiger partial charge in [-0.15, -0.1) is 0 Å². The third-order valence-electron chi connectivity index (χ3n) is 4.84. The molecule has 156 valence electrons. The summed E-state index contributed by atoms with van der Waals surface area (Å²) in [5.41, 5.74) is 2.43. The van der Waals surface area contributed by atoms with Gasteiger partial charge < -0.3 is 0 Å². The van der Waals surface area contributed by atoms with Gasteiger partial charge in [-0.3, -0.25) is 4.79 Å². The first-order chi connectivity index (χ1) is 14.3. The molecular weight excluding hydrogens is 418 g/mol. The van der Waals surface area contributed by atoms with Crippen LogP contribution in [0, 0.1) is 6.92 Å². The Kier molecular flexibility index (Phi) is 6.95. The van der Waals surface area contributed by atoms with E-state index in [1.54, 1.807) is 42.5 Å². The fourth-order valence-corrected chi connectivity index (χ4v) is 4.73. The molecular formula is C24H24ClNO3S. The van der Waals surface area contributed by atoms with Crippen molar-refractivity contribution >= 4 is 33.2 Å². The molecule has 0 aromatic heterocycles. The molecule has 0 N–H and O–H groups in total. The Morgan fingerprint density at radius 2 is 1.57 bits per heavy atom. The number of hydrogen-bond donors (Lipinski definition) is 0. The van der Waals surface area contributed by atoms with Crippen molar-refractivity contribution in [1.29, 1.82) is 0 Å². The van der Waals surface area contributed by atoms with Crippen LogP contribution in [0.5, 0.6) is 0 Å². The topological polar surface area (TPSA) is 54.5 Å². The minimum absolute atomic E-state index is 0.0450. The Morgan fingerprint density at radius 3 is 2.17 bits per heavy atom. The SMILES string of the molecule is CCCCc1ccc(N(C(=O)c2ccccc2Cl)S(=O)(=O)c2ccc(C)cc2)cc1. The minimum Gasteiger partial charge on any atom is -0.268 e. The Bertz CT molecular complexity index is 1120. The van der Waals surface area contributed by atoms with Crippen LogP contribution < -0.4 is 4.31 Å². The highest BCUT2D eigenvalue weighted by Gasteiger charge is 2.32. The number of carbonyl (C=O) groups is 1. The Balaban J connectivity index is 2.10. The van der Waals surface area contributed by atoms with Crippen molar-refractivity contribution in [1.82, 2.24) is 0 Å². The van der Waals surface area contributed by atoms with Gasteiger partial charge in [-0.1, -0.05) is 66.9 Å². The number of anilines is 1. The molecule has 30 heavy (non-hydrogen) atoms. The molecule has 0 radical (unpaired) electrons. The molecule has 0 atom stereocenters. The summed E-state index contributed by atoms with van der Waals surface area (Å²) in [4.78, 5) is 13.4. The second-order valence-corrected chi connectivity index (χ2v) is 9.33. The lowest BCUT2D eigenvalue weighted by Gasteiger charge is -2.23. The maximum Gasteiger partial charge on any atom is 0.273 e. The molecule has 6 heteroatoms. The fourth-order valence-electron chi connectivity index (χ4n) is 3.10. The first-order valence-electron chi connectivity index (χ1n) is 9.84. The fraction of sp³-hybridized carbons (Fsp3) is 0.208. The van der Waals surface area contributed by atoms with Crippen LogP contribution in [0.3, 0.4) is 0 Å². The standard InChI is InChI=1S/C24H24ClNO3S/c1-3-4-7-19-12-14-20(15-13-19)26(24(27)22-8-5-6-9-23(22)25)30(28,29)21-16-10-18(2)11-17-21/h5-6,8-17H,3-4,7H2,1-2H3. The summed E-state index contributed by atoms with van der Waals surface area (Å²) in [7, 11) is -4.14. The zero-order valence-electron chi connectivity index (χ0n) is 17.0. The second-order valence-electron chi connectivity index (χ2n) is 7.14. The molecule has 4 nitrogen and oxygen atoms in total. The molecule has 0 fully saturated rings. The van der Waals surface area contributed by atoms with Crippen LogP contribution in [-0.4, -0.2) is 14.3 Å². The van der Waals surface area contributed by atoms with Crippen molar-refractivity contribution in [3.8, 4) is 0 Å². The van der Waals surface area contributed by atoms with Crippen LogP contribution in [0.25, 0.3) is 0 Å². The van der Waals surface area contributed by atoms with Crippen LogP contribution in [-0.2, 0) is 16.4 Å². The van der Waals surface area contributed by atoms with Crippen molar-refractivity contribution in [3.05, 3.63) is 94.5 Å². The lowest BCUT2D eigenvalue weighted by Crippen LogP contribution is -2.37. The maximum atomic E-state index is 13.5. The van der Waals surface area contributed by atoms with E-state index in [1.807, 2.05) is 19.1 Å². The molecule has 3 rings (SSSR count). The monoisotopic (exact) mass is 441 g/mol. The third-order valence-corrected chi connectivity index (χ3v) is 6.89. The number of rotatable bonds is 7. The minimum atomic E-state index is -4.14. The summed E-state index contributed by atoms with van der Waals surface area (Å²) >= 11 is 6.21. The van der Waals surface area contributed by atoms with E-state index in [4.69, 9.17) is 11.6 Å². The molecule has 3 aromatic carbocycles. The lowest BCUT2D eigenvalue weighted by atomic mass is 10.1. The lowest BCUT2D eigenvalue weighted by molar-refractivity contribution is 0.101. The summed E-state index contributed by atoms with van der Waals surface area (Å²) in [6.45, 7) is 3.99. The molecule has 0 bridgehead atoms. The average molecular weight is 442 g/mol. The molecule has 0 aliphatic heterocycles. The van der Waals surface area contributed by atoms with Crippen LogP contribution in [0.4, 0.5) is 5.69 Å². The zero-order valence-corrected chi connectivity index (χ0v) is 18.6. The Morgan fingerprint density at radius 1 is 0.933 bits per heavy atom. The van der Waals surface area contributed by atoms with Gasteiger partial charge in [0.05, 0.1) is 21.2 Å². The van der Waals surface area contributed by atoms with E-state index in [0.717, 1.165) is 34.7 Å². The predicted molar refractivity (Wildman–Crippen MR) is 122 cm³/mol. The van der Waals surface area contributed by atoms with Gasteiger partial charge in [-0.2, -0.15) is 4.31 Å². The van der Waals surface area contributed by atoms with E-state index in [2.05, 4.69) is 6.92 Å². The van der Waals surface area contributed by atoms with Crippen molar-refractivity contribution in [3.63, 3.8) is 0 Å². The second kappa shape index (κ2) is 9.45. The molecule has 0 aliphatic carbocycles. The van der Waals surface area contributed by atoms with E-state index in [1.165, 1.54) is 18.2 Å². The number of halogens is 1. The number of hydrogen-bond acceptors (Lipinski definition) is 3. The van der Waals surface area contributed by atoms with Crippen LogP contribution >= 0.6 is 11.6 Å². The summed E-state index contributed by atoms with van der Waals surface area (Å²) in [6, 6.07) is 19.9. The van der Waals surface area contributed by atoms with Gasteiger partial charge in [0.25, 0.3) is 15.9 Å². The van der Waals surface area contributed by atoms with Crippen LogP contribution in [0.15, 0.2) is 77.7 Å². The van der Waals surface area contributed by atoms with E-state index >= 15 is 0 Å². The summed E-state index contributed by atoms with van der Waals surface area (Å²) in [5.74, 6) is -0.692. The van der Waals surface area contributed by atoms with Gasteiger partial charge in [0.15, 0.2) is 0 Å². The number of amides is 1. The van der Waals surface area contributed by atoms with E-state index < -0.39 is 15.9 Å². The molecule has 0 saturated carbocycles. The smallest absolute Gasteiger partial charge is 0.268 e. The van der Waals surface area contributed by atoms with Gasteiger partial charge in [0.1, 0.15) is 0 Å². The highest BCUT2D eigenvalue weighted by atomic mass is 35.5. The van der Waals surface area contributed by atoms with Crippen molar-refractivity contribution in [2.45, 2.75) is 38.0 Å². The average Bonchev–Trinajstić information content (AvgIpc) is 2.73. The van der Waals surface area contributed by atoms with Gasteiger partial charge in [0.2, 0.25) is 0 Å². The van der Waals surface area contributed by atoms with Gasteiger partial charge >= 0.3 is 0 Å². The van der Waals surface area contributed by atoms with Crippen LogP contribution in [0.2, 0.25) is 5.02 Å². The quantitative estimate of drug-likeness (QED) is 0.450. The first kappa shape index (κ1) is 22.1. The molecule has 0 heterocycles. The molecule has 0 saturated heterocycles. The predicted octanol–water partition coefficient (Wildman–Crippen LogP) is 6.03.